The Hall–Kier alpha value is -1.53. The van der Waals surface area contributed by atoms with Crippen LogP contribution in [0.15, 0.2) is 24.5 Å². The molecule has 0 atom stereocenters. The van der Waals surface area contributed by atoms with E-state index in [4.69, 9.17) is 18.0 Å². The molecule has 2 rings (SSSR count). The van der Waals surface area contributed by atoms with Gasteiger partial charge in [-0.05, 0) is 24.4 Å². The van der Waals surface area contributed by atoms with E-state index in [9.17, 15) is 0 Å². The summed E-state index contributed by atoms with van der Waals surface area (Å²) in [6, 6.07) is 3.80. The average Bonchev–Trinajstić information content (AvgIpc) is 2.63. The molecule has 0 aliphatic carbocycles. The topological polar surface area (TPSA) is 72.5 Å². The third kappa shape index (κ3) is 1.95. The van der Waals surface area contributed by atoms with E-state index < -0.39 is 0 Å². The molecular formula is C9H11N5S. The molecule has 0 aliphatic rings. The zero-order valence-electron chi connectivity index (χ0n) is 8.05. The first-order valence-corrected chi connectivity index (χ1v) is 4.99. The van der Waals surface area contributed by atoms with E-state index in [0.717, 1.165) is 11.4 Å². The van der Waals surface area contributed by atoms with Gasteiger partial charge in [-0.15, -0.1) is 0 Å². The molecule has 6 heteroatoms. The van der Waals surface area contributed by atoms with Gasteiger partial charge in [0.15, 0.2) is 10.6 Å². The quantitative estimate of drug-likeness (QED) is 0.757. The van der Waals surface area contributed by atoms with Gasteiger partial charge in [-0.25, -0.2) is 0 Å². The van der Waals surface area contributed by atoms with E-state index in [-0.39, 0.29) is 0 Å². The van der Waals surface area contributed by atoms with Crippen molar-refractivity contribution in [2.24, 2.45) is 5.73 Å². The van der Waals surface area contributed by atoms with Gasteiger partial charge in [0.05, 0.1) is 0 Å². The van der Waals surface area contributed by atoms with Crippen LogP contribution in [0.2, 0.25) is 0 Å². The van der Waals surface area contributed by atoms with Crippen molar-refractivity contribution >= 4 is 12.2 Å². The van der Waals surface area contributed by atoms with Crippen LogP contribution >= 0.6 is 12.2 Å². The number of rotatable bonds is 3. The summed E-state index contributed by atoms with van der Waals surface area (Å²) in [5, 5.41) is 6.91. The predicted octanol–water partition coefficient (Wildman–Crippen LogP) is 0.961. The standard InChI is InChI=1S/C9H11N5S/c10-3-5-14-8(12-13-9(14)15)7-2-1-4-11-6-7/h1-2,4,6H,3,5,10H2,(H,13,15). The molecule has 0 spiro atoms. The lowest BCUT2D eigenvalue weighted by Crippen LogP contribution is -2.11. The summed E-state index contributed by atoms with van der Waals surface area (Å²) in [5.41, 5.74) is 6.44. The summed E-state index contributed by atoms with van der Waals surface area (Å²) < 4.78 is 2.45. The molecule has 0 unspecified atom stereocenters. The Morgan fingerprint density at radius 3 is 3.07 bits per heavy atom. The molecule has 0 aliphatic heterocycles. The van der Waals surface area contributed by atoms with E-state index in [2.05, 4.69) is 15.2 Å². The number of hydrogen-bond acceptors (Lipinski definition) is 4. The zero-order chi connectivity index (χ0) is 10.7. The molecule has 0 saturated carbocycles. The van der Waals surface area contributed by atoms with Gasteiger partial charge in [0, 0.05) is 31.0 Å². The first-order valence-electron chi connectivity index (χ1n) is 4.58. The number of aromatic nitrogens is 4. The average molecular weight is 221 g/mol. The van der Waals surface area contributed by atoms with Gasteiger partial charge in [0.25, 0.3) is 0 Å². The lowest BCUT2D eigenvalue weighted by Gasteiger charge is -2.03. The molecule has 0 saturated heterocycles. The van der Waals surface area contributed by atoms with Crippen LogP contribution in [-0.2, 0) is 6.54 Å². The van der Waals surface area contributed by atoms with E-state index in [1.54, 1.807) is 12.4 Å². The Kier molecular flexibility index (Phi) is 2.89. The van der Waals surface area contributed by atoms with Crippen LogP contribution in [0.3, 0.4) is 0 Å². The monoisotopic (exact) mass is 221 g/mol. The van der Waals surface area contributed by atoms with Crippen LogP contribution in [0.1, 0.15) is 0 Å². The van der Waals surface area contributed by atoms with Gasteiger partial charge in [0.1, 0.15) is 0 Å². The van der Waals surface area contributed by atoms with Gasteiger partial charge in [0.2, 0.25) is 0 Å². The molecule has 0 bridgehead atoms. The van der Waals surface area contributed by atoms with Gasteiger partial charge in [-0.2, -0.15) is 5.10 Å². The second-order valence-electron chi connectivity index (χ2n) is 3.03. The molecule has 0 aromatic carbocycles. The fourth-order valence-corrected chi connectivity index (χ4v) is 1.59. The van der Waals surface area contributed by atoms with E-state index in [1.807, 2.05) is 16.7 Å². The summed E-state index contributed by atoms with van der Waals surface area (Å²) in [7, 11) is 0. The molecule has 2 aromatic rings. The highest BCUT2D eigenvalue weighted by Gasteiger charge is 2.07. The van der Waals surface area contributed by atoms with Crippen molar-refractivity contribution in [2.45, 2.75) is 6.54 Å². The maximum Gasteiger partial charge on any atom is 0.195 e. The number of aromatic amines is 1. The van der Waals surface area contributed by atoms with Crippen molar-refractivity contribution in [2.75, 3.05) is 6.54 Å². The Bertz CT molecular complexity index is 487. The predicted molar refractivity (Wildman–Crippen MR) is 59.7 cm³/mol. The summed E-state index contributed by atoms with van der Waals surface area (Å²) >= 11 is 5.11. The van der Waals surface area contributed by atoms with Crippen molar-refractivity contribution in [1.82, 2.24) is 19.7 Å². The minimum absolute atomic E-state index is 0.529. The van der Waals surface area contributed by atoms with Crippen molar-refractivity contribution < 1.29 is 0 Å². The Morgan fingerprint density at radius 1 is 1.53 bits per heavy atom. The summed E-state index contributed by atoms with van der Waals surface area (Å²) in [5.74, 6) is 0.776. The van der Waals surface area contributed by atoms with Gasteiger partial charge < -0.3 is 5.73 Å². The molecule has 5 nitrogen and oxygen atoms in total. The number of nitrogens with two attached hydrogens (primary N) is 1. The number of nitrogens with one attached hydrogen (secondary N) is 1. The van der Waals surface area contributed by atoms with Crippen molar-refractivity contribution in [3.8, 4) is 11.4 Å². The van der Waals surface area contributed by atoms with E-state index in [1.165, 1.54) is 0 Å². The van der Waals surface area contributed by atoms with Crippen LogP contribution in [-0.4, -0.2) is 26.3 Å². The number of hydrogen-bond donors (Lipinski definition) is 2. The SMILES string of the molecule is NCCn1c(-c2cccnc2)n[nH]c1=S. The highest BCUT2D eigenvalue weighted by Crippen LogP contribution is 2.14. The lowest BCUT2D eigenvalue weighted by molar-refractivity contribution is 0.703. The second-order valence-corrected chi connectivity index (χ2v) is 3.42. The van der Waals surface area contributed by atoms with Crippen LogP contribution in [0.25, 0.3) is 11.4 Å². The molecule has 0 amide bonds. The smallest absolute Gasteiger partial charge is 0.195 e. The lowest BCUT2D eigenvalue weighted by atomic mass is 10.3. The highest BCUT2D eigenvalue weighted by atomic mass is 32.1. The van der Waals surface area contributed by atoms with Crippen LogP contribution < -0.4 is 5.73 Å². The van der Waals surface area contributed by atoms with E-state index >= 15 is 0 Å². The minimum Gasteiger partial charge on any atom is -0.329 e. The number of nitrogens with zero attached hydrogens (tertiary/aromatic N) is 3. The van der Waals surface area contributed by atoms with Crippen LogP contribution in [0.4, 0.5) is 0 Å². The minimum atomic E-state index is 0.529. The van der Waals surface area contributed by atoms with Gasteiger partial charge in [-0.1, -0.05) is 0 Å². The molecule has 2 heterocycles. The normalized spacial score (nSPS) is 10.5. The zero-order valence-corrected chi connectivity index (χ0v) is 8.87. The molecule has 78 valence electrons. The van der Waals surface area contributed by atoms with Gasteiger partial charge in [-0.3, -0.25) is 14.6 Å². The summed E-state index contributed by atoms with van der Waals surface area (Å²) in [6.45, 7) is 1.18. The maximum atomic E-state index is 5.51. The van der Waals surface area contributed by atoms with Crippen molar-refractivity contribution in [3.63, 3.8) is 0 Å². The van der Waals surface area contributed by atoms with E-state index in [0.29, 0.717) is 17.9 Å². The Morgan fingerprint density at radius 2 is 2.40 bits per heavy atom. The molecular weight excluding hydrogens is 210 g/mol. The number of pyridine rings is 1. The fourth-order valence-electron chi connectivity index (χ4n) is 1.37. The maximum absolute atomic E-state index is 5.51. The van der Waals surface area contributed by atoms with Crippen LogP contribution in [0, 0.1) is 4.77 Å². The number of H-pyrrole nitrogens is 1. The largest absolute Gasteiger partial charge is 0.329 e. The first kappa shape index (κ1) is 10.0. The molecule has 3 N–H and O–H groups in total. The highest BCUT2D eigenvalue weighted by molar-refractivity contribution is 7.71. The van der Waals surface area contributed by atoms with Crippen molar-refractivity contribution in [3.05, 3.63) is 29.3 Å². The Balaban J connectivity index is 2.49. The Labute approximate surface area is 92.0 Å². The van der Waals surface area contributed by atoms with Gasteiger partial charge >= 0.3 is 0 Å². The molecule has 15 heavy (non-hydrogen) atoms. The fraction of sp³-hybridized carbons (Fsp3) is 0.222. The summed E-state index contributed by atoms with van der Waals surface area (Å²) in [4.78, 5) is 4.04. The van der Waals surface area contributed by atoms with Crippen LogP contribution in [0.5, 0.6) is 0 Å². The first-order chi connectivity index (χ1) is 7.33. The third-order valence-corrected chi connectivity index (χ3v) is 2.34. The third-order valence-electron chi connectivity index (χ3n) is 2.03. The molecule has 2 aromatic heterocycles. The summed E-state index contributed by atoms with van der Waals surface area (Å²) in [6.07, 6.45) is 3.47. The second kappa shape index (κ2) is 4.33. The van der Waals surface area contributed by atoms with Crippen molar-refractivity contribution in [1.29, 1.82) is 0 Å². The molecule has 0 fully saturated rings. The molecule has 0 radical (unpaired) electrons.